The van der Waals surface area contributed by atoms with Gasteiger partial charge in [-0.15, -0.1) is 11.3 Å². The van der Waals surface area contributed by atoms with Crippen LogP contribution in [0.5, 0.6) is 0 Å². The molecule has 5 heteroatoms. The molecule has 0 bridgehead atoms. The van der Waals surface area contributed by atoms with Crippen LogP contribution < -0.4 is 5.32 Å². The van der Waals surface area contributed by atoms with Crippen LogP contribution in [0.1, 0.15) is 17.6 Å². The van der Waals surface area contributed by atoms with E-state index in [4.69, 9.17) is 0 Å². The zero-order valence-electron chi connectivity index (χ0n) is 9.70. The van der Waals surface area contributed by atoms with Crippen LogP contribution in [0, 0.1) is 6.92 Å². The van der Waals surface area contributed by atoms with Crippen molar-refractivity contribution in [3.05, 3.63) is 16.8 Å². The standard InChI is InChI=1S/C11H15N3S2/c1-4-15-6-9-13-10(12-3)8-5-7(2)16-11(8)14-9/h5H,4,6H2,1-3H3,(H,12,13,14). The van der Waals surface area contributed by atoms with Crippen LogP contribution in [0.25, 0.3) is 10.2 Å². The molecular weight excluding hydrogens is 238 g/mol. The van der Waals surface area contributed by atoms with Crippen LogP contribution in [0.15, 0.2) is 6.07 Å². The zero-order chi connectivity index (χ0) is 11.5. The van der Waals surface area contributed by atoms with Gasteiger partial charge < -0.3 is 5.32 Å². The van der Waals surface area contributed by atoms with Crippen molar-refractivity contribution in [3.8, 4) is 0 Å². The van der Waals surface area contributed by atoms with E-state index < -0.39 is 0 Å². The van der Waals surface area contributed by atoms with E-state index in [1.54, 1.807) is 11.3 Å². The highest BCUT2D eigenvalue weighted by atomic mass is 32.2. The summed E-state index contributed by atoms with van der Waals surface area (Å²) in [5.41, 5.74) is 0. The van der Waals surface area contributed by atoms with Gasteiger partial charge in [0.2, 0.25) is 0 Å². The van der Waals surface area contributed by atoms with Crippen molar-refractivity contribution in [2.45, 2.75) is 19.6 Å². The summed E-state index contributed by atoms with van der Waals surface area (Å²) in [6.07, 6.45) is 0. The number of nitrogens with zero attached hydrogens (tertiary/aromatic N) is 2. The SMILES string of the molecule is CCSCc1nc(NC)c2cc(C)sc2n1. The molecule has 2 aromatic rings. The Kier molecular flexibility index (Phi) is 3.66. The van der Waals surface area contributed by atoms with E-state index >= 15 is 0 Å². The van der Waals surface area contributed by atoms with Crippen LogP contribution in [-0.4, -0.2) is 22.8 Å². The summed E-state index contributed by atoms with van der Waals surface area (Å²) in [6.45, 7) is 4.25. The van der Waals surface area contributed by atoms with Gasteiger partial charge in [-0.05, 0) is 18.7 Å². The summed E-state index contributed by atoms with van der Waals surface area (Å²) in [5.74, 6) is 3.85. The van der Waals surface area contributed by atoms with E-state index in [1.165, 1.54) is 4.88 Å². The number of rotatable bonds is 4. The highest BCUT2D eigenvalue weighted by Crippen LogP contribution is 2.28. The second-order valence-electron chi connectivity index (χ2n) is 3.45. The first kappa shape index (κ1) is 11.7. The maximum Gasteiger partial charge on any atom is 0.142 e. The zero-order valence-corrected chi connectivity index (χ0v) is 11.3. The van der Waals surface area contributed by atoms with Crippen molar-refractivity contribution in [1.82, 2.24) is 9.97 Å². The van der Waals surface area contributed by atoms with Crippen molar-refractivity contribution in [3.63, 3.8) is 0 Å². The third-order valence-electron chi connectivity index (χ3n) is 2.23. The lowest BCUT2D eigenvalue weighted by Crippen LogP contribution is -1.99. The van der Waals surface area contributed by atoms with Crippen LogP contribution in [0.3, 0.4) is 0 Å². The van der Waals surface area contributed by atoms with E-state index in [2.05, 4.69) is 35.2 Å². The number of anilines is 1. The Morgan fingerprint density at radius 2 is 2.25 bits per heavy atom. The first-order valence-electron chi connectivity index (χ1n) is 5.27. The van der Waals surface area contributed by atoms with Gasteiger partial charge in [-0.25, -0.2) is 9.97 Å². The molecule has 0 aromatic carbocycles. The third-order valence-corrected chi connectivity index (χ3v) is 4.05. The molecule has 16 heavy (non-hydrogen) atoms. The van der Waals surface area contributed by atoms with E-state index in [1.807, 2.05) is 18.8 Å². The summed E-state index contributed by atoms with van der Waals surface area (Å²) < 4.78 is 0. The molecule has 2 aromatic heterocycles. The number of hydrogen-bond acceptors (Lipinski definition) is 5. The molecule has 2 rings (SSSR count). The predicted octanol–water partition coefficient (Wildman–Crippen LogP) is 3.29. The van der Waals surface area contributed by atoms with Gasteiger partial charge in [0, 0.05) is 11.9 Å². The Labute approximate surface area is 104 Å². The third kappa shape index (κ3) is 2.30. The van der Waals surface area contributed by atoms with Crippen LogP contribution in [0.2, 0.25) is 0 Å². The van der Waals surface area contributed by atoms with Crippen molar-refractivity contribution in [2.75, 3.05) is 18.1 Å². The minimum Gasteiger partial charge on any atom is -0.372 e. The Balaban J connectivity index is 2.45. The second kappa shape index (κ2) is 5.01. The molecule has 0 saturated heterocycles. The lowest BCUT2D eigenvalue weighted by Gasteiger charge is -2.04. The number of aryl methyl sites for hydroxylation is 1. The fourth-order valence-corrected chi connectivity index (χ4v) is 2.95. The molecule has 0 radical (unpaired) electrons. The Morgan fingerprint density at radius 1 is 1.44 bits per heavy atom. The number of aromatic nitrogens is 2. The second-order valence-corrected chi connectivity index (χ2v) is 5.96. The number of thiophene rings is 1. The van der Waals surface area contributed by atoms with Gasteiger partial charge in [-0.3, -0.25) is 0 Å². The molecule has 0 spiro atoms. The van der Waals surface area contributed by atoms with Gasteiger partial charge in [0.15, 0.2) is 0 Å². The van der Waals surface area contributed by atoms with E-state index in [-0.39, 0.29) is 0 Å². The minimum absolute atomic E-state index is 0.887. The molecule has 0 aliphatic heterocycles. The molecule has 0 saturated carbocycles. The van der Waals surface area contributed by atoms with Crippen LogP contribution in [0.4, 0.5) is 5.82 Å². The van der Waals surface area contributed by atoms with Gasteiger partial charge in [0.25, 0.3) is 0 Å². The molecule has 2 heterocycles. The topological polar surface area (TPSA) is 37.8 Å². The van der Waals surface area contributed by atoms with Crippen LogP contribution in [-0.2, 0) is 5.75 Å². The van der Waals surface area contributed by atoms with Gasteiger partial charge in [0.1, 0.15) is 16.5 Å². The number of fused-ring (bicyclic) bond motifs is 1. The molecular formula is C11H15N3S2. The van der Waals surface area contributed by atoms with Gasteiger partial charge in [-0.2, -0.15) is 11.8 Å². The predicted molar refractivity (Wildman–Crippen MR) is 73.5 cm³/mol. The molecule has 3 nitrogen and oxygen atoms in total. The normalized spacial score (nSPS) is 10.9. The van der Waals surface area contributed by atoms with E-state index in [9.17, 15) is 0 Å². The summed E-state index contributed by atoms with van der Waals surface area (Å²) in [4.78, 5) is 11.5. The van der Waals surface area contributed by atoms with Crippen molar-refractivity contribution >= 4 is 39.1 Å². The lowest BCUT2D eigenvalue weighted by molar-refractivity contribution is 1.07. The molecule has 0 unspecified atom stereocenters. The first-order valence-corrected chi connectivity index (χ1v) is 7.24. The fraction of sp³-hybridized carbons (Fsp3) is 0.455. The quantitative estimate of drug-likeness (QED) is 0.907. The van der Waals surface area contributed by atoms with E-state index in [0.29, 0.717) is 0 Å². The van der Waals surface area contributed by atoms with Gasteiger partial charge >= 0.3 is 0 Å². The number of hydrogen-bond donors (Lipinski definition) is 1. The van der Waals surface area contributed by atoms with E-state index in [0.717, 1.165) is 33.4 Å². The Hall–Kier alpha value is -0.810. The van der Waals surface area contributed by atoms with Crippen LogP contribution >= 0.6 is 23.1 Å². The molecule has 0 aliphatic rings. The Bertz CT molecular complexity index is 493. The lowest BCUT2D eigenvalue weighted by atomic mass is 10.3. The first-order chi connectivity index (χ1) is 7.74. The van der Waals surface area contributed by atoms with Crippen molar-refractivity contribution in [1.29, 1.82) is 0 Å². The monoisotopic (exact) mass is 253 g/mol. The molecule has 0 amide bonds. The van der Waals surface area contributed by atoms with Crippen molar-refractivity contribution in [2.24, 2.45) is 0 Å². The van der Waals surface area contributed by atoms with Gasteiger partial charge in [0.05, 0.1) is 11.1 Å². The number of nitrogens with one attached hydrogen (secondary N) is 1. The molecule has 0 aliphatic carbocycles. The van der Waals surface area contributed by atoms with Gasteiger partial charge in [-0.1, -0.05) is 6.92 Å². The molecule has 86 valence electrons. The number of thioether (sulfide) groups is 1. The summed E-state index contributed by atoms with van der Waals surface area (Å²) in [5, 5.41) is 4.28. The summed E-state index contributed by atoms with van der Waals surface area (Å²) >= 11 is 3.58. The smallest absolute Gasteiger partial charge is 0.142 e. The maximum atomic E-state index is 4.59. The minimum atomic E-state index is 0.887. The summed E-state index contributed by atoms with van der Waals surface area (Å²) in [6, 6.07) is 2.14. The fourth-order valence-electron chi connectivity index (χ4n) is 1.53. The highest BCUT2D eigenvalue weighted by molar-refractivity contribution is 7.98. The maximum absolute atomic E-state index is 4.59. The average molecular weight is 253 g/mol. The van der Waals surface area contributed by atoms with Crippen molar-refractivity contribution < 1.29 is 0 Å². The molecule has 0 fully saturated rings. The molecule has 1 N–H and O–H groups in total. The Morgan fingerprint density at radius 3 is 2.94 bits per heavy atom. The average Bonchev–Trinajstić information content (AvgIpc) is 2.65. The molecule has 0 atom stereocenters. The summed E-state index contributed by atoms with van der Waals surface area (Å²) in [7, 11) is 1.91. The largest absolute Gasteiger partial charge is 0.372 e. The highest BCUT2D eigenvalue weighted by Gasteiger charge is 2.09.